The number of rotatable bonds is 6. The van der Waals surface area contributed by atoms with Gasteiger partial charge in [0.25, 0.3) is 11.8 Å². The number of benzene rings is 2. The van der Waals surface area contributed by atoms with Crippen molar-refractivity contribution in [2.75, 3.05) is 10.6 Å². The Labute approximate surface area is 185 Å². The van der Waals surface area contributed by atoms with E-state index in [-0.39, 0.29) is 11.8 Å². The van der Waals surface area contributed by atoms with Gasteiger partial charge < -0.3 is 10.6 Å². The van der Waals surface area contributed by atoms with Crippen LogP contribution in [0, 0.1) is 0 Å². The van der Waals surface area contributed by atoms with Crippen LogP contribution in [0.4, 0.5) is 11.5 Å². The smallest absolute Gasteiger partial charge is 0.265 e. The Kier molecular flexibility index (Phi) is 6.06. The van der Waals surface area contributed by atoms with Crippen LogP contribution in [0.25, 0.3) is 0 Å². The lowest BCUT2D eigenvalue weighted by Crippen LogP contribution is -2.16. The van der Waals surface area contributed by atoms with Crippen LogP contribution < -0.4 is 10.6 Å². The van der Waals surface area contributed by atoms with Crippen molar-refractivity contribution in [2.45, 2.75) is 6.54 Å². The van der Waals surface area contributed by atoms with Crippen molar-refractivity contribution in [3.8, 4) is 0 Å². The summed E-state index contributed by atoms with van der Waals surface area (Å²) < 4.78 is 2.72. The second-order valence-corrected chi connectivity index (χ2v) is 8.33. The average Bonchev–Trinajstić information content (AvgIpc) is 3.41. The monoisotopic (exact) mass is 480 g/mol. The van der Waals surface area contributed by atoms with E-state index in [1.54, 1.807) is 47.3 Å². The molecule has 8 heteroatoms. The Morgan fingerprint density at radius 2 is 1.80 bits per heavy atom. The number of anilines is 2. The zero-order chi connectivity index (χ0) is 20.9. The lowest BCUT2D eigenvalue weighted by molar-refractivity contribution is 0.102. The van der Waals surface area contributed by atoms with Crippen LogP contribution in [-0.2, 0) is 6.54 Å². The summed E-state index contributed by atoms with van der Waals surface area (Å²) >= 11 is 4.84. The van der Waals surface area contributed by atoms with Crippen LogP contribution in [-0.4, -0.2) is 21.6 Å². The minimum Gasteiger partial charge on any atom is -0.321 e. The summed E-state index contributed by atoms with van der Waals surface area (Å²) in [5.74, 6) is 0.191. The molecular formula is C22H17BrN4O2S. The molecule has 0 aliphatic heterocycles. The molecule has 4 rings (SSSR count). The SMILES string of the molecule is O=C(Nc1ccnn1Cc1cccc(Br)c1)c1ccc(NC(=O)c2cccs2)cc1. The maximum Gasteiger partial charge on any atom is 0.265 e. The number of halogens is 1. The van der Waals surface area contributed by atoms with Crippen molar-refractivity contribution >= 4 is 50.6 Å². The molecule has 0 saturated carbocycles. The van der Waals surface area contributed by atoms with Gasteiger partial charge >= 0.3 is 0 Å². The van der Waals surface area contributed by atoms with E-state index in [1.807, 2.05) is 35.7 Å². The second kappa shape index (κ2) is 9.06. The predicted octanol–water partition coefficient (Wildman–Crippen LogP) is 5.26. The van der Waals surface area contributed by atoms with Gasteiger partial charge in [-0.2, -0.15) is 5.10 Å². The quantitative estimate of drug-likeness (QED) is 0.395. The van der Waals surface area contributed by atoms with Gasteiger partial charge in [-0.15, -0.1) is 11.3 Å². The van der Waals surface area contributed by atoms with Crippen molar-refractivity contribution in [3.05, 3.63) is 98.8 Å². The Bertz CT molecular complexity index is 1170. The summed E-state index contributed by atoms with van der Waals surface area (Å²) in [4.78, 5) is 25.4. The van der Waals surface area contributed by atoms with Crippen LogP contribution in [0.1, 0.15) is 25.6 Å². The van der Waals surface area contributed by atoms with E-state index in [0.717, 1.165) is 10.0 Å². The molecule has 2 aromatic carbocycles. The number of hydrogen-bond donors (Lipinski definition) is 2. The molecule has 2 amide bonds. The van der Waals surface area contributed by atoms with E-state index in [2.05, 4.69) is 31.7 Å². The molecule has 0 aliphatic rings. The maximum atomic E-state index is 12.6. The van der Waals surface area contributed by atoms with E-state index in [4.69, 9.17) is 0 Å². The topological polar surface area (TPSA) is 76.0 Å². The van der Waals surface area contributed by atoms with Gasteiger partial charge in [-0.3, -0.25) is 9.59 Å². The van der Waals surface area contributed by atoms with Crippen molar-refractivity contribution in [1.82, 2.24) is 9.78 Å². The fourth-order valence-corrected chi connectivity index (χ4v) is 3.93. The molecule has 0 unspecified atom stereocenters. The van der Waals surface area contributed by atoms with Gasteiger partial charge in [0.1, 0.15) is 5.82 Å². The fraction of sp³-hybridized carbons (Fsp3) is 0.0455. The zero-order valence-electron chi connectivity index (χ0n) is 15.7. The van der Waals surface area contributed by atoms with Gasteiger partial charge in [-0.25, -0.2) is 4.68 Å². The average molecular weight is 481 g/mol. The third kappa shape index (κ3) is 4.84. The molecule has 0 saturated heterocycles. The summed E-state index contributed by atoms with van der Waals surface area (Å²) in [6, 6.07) is 20.0. The summed E-state index contributed by atoms with van der Waals surface area (Å²) in [6.45, 7) is 0.537. The van der Waals surface area contributed by atoms with Crippen molar-refractivity contribution in [2.24, 2.45) is 0 Å². The molecule has 2 heterocycles. The number of nitrogens with one attached hydrogen (secondary N) is 2. The van der Waals surface area contributed by atoms with Crippen LogP contribution in [0.2, 0.25) is 0 Å². The number of amides is 2. The summed E-state index contributed by atoms with van der Waals surface area (Å²) in [5, 5.41) is 11.9. The highest BCUT2D eigenvalue weighted by molar-refractivity contribution is 9.10. The standard InChI is InChI=1S/C22H17BrN4O2S/c23-17-4-1-3-15(13-17)14-27-20(10-11-24-27)26-21(28)16-6-8-18(9-7-16)25-22(29)19-5-2-12-30-19/h1-13H,14H2,(H,25,29)(H,26,28). The predicted molar refractivity (Wildman–Crippen MR) is 122 cm³/mol. The third-order valence-electron chi connectivity index (χ3n) is 4.33. The van der Waals surface area contributed by atoms with Crippen molar-refractivity contribution in [1.29, 1.82) is 0 Å². The van der Waals surface area contributed by atoms with E-state index < -0.39 is 0 Å². The van der Waals surface area contributed by atoms with Crippen molar-refractivity contribution < 1.29 is 9.59 Å². The number of carbonyl (C=O) groups is 2. The highest BCUT2D eigenvalue weighted by Gasteiger charge is 2.11. The summed E-state index contributed by atoms with van der Waals surface area (Å²) in [7, 11) is 0. The lowest BCUT2D eigenvalue weighted by atomic mass is 10.2. The van der Waals surface area contributed by atoms with Gasteiger partial charge in [0.05, 0.1) is 17.6 Å². The molecule has 4 aromatic rings. The molecule has 150 valence electrons. The highest BCUT2D eigenvalue weighted by Crippen LogP contribution is 2.17. The normalized spacial score (nSPS) is 10.6. The van der Waals surface area contributed by atoms with Gasteiger partial charge in [-0.1, -0.05) is 34.1 Å². The Balaban J connectivity index is 1.41. The second-order valence-electron chi connectivity index (χ2n) is 6.47. The first-order chi connectivity index (χ1) is 14.6. The number of thiophene rings is 1. The molecular weight excluding hydrogens is 464 g/mol. The van der Waals surface area contributed by atoms with Crippen LogP contribution in [0.5, 0.6) is 0 Å². The largest absolute Gasteiger partial charge is 0.321 e. The first-order valence-corrected chi connectivity index (χ1v) is 10.8. The molecule has 2 N–H and O–H groups in total. The van der Waals surface area contributed by atoms with Gasteiger partial charge in [0, 0.05) is 21.8 Å². The van der Waals surface area contributed by atoms with Gasteiger partial charge in [0.2, 0.25) is 0 Å². The van der Waals surface area contributed by atoms with E-state index >= 15 is 0 Å². The Morgan fingerprint density at radius 3 is 2.53 bits per heavy atom. The molecule has 0 atom stereocenters. The number of aromatic nitrogens is 2. The summed E-state index contributed by atoms with van der Waals surface area (Å²) in [6.07, 6.45) is 1.65. The van der Waals surface area contributed by atoms with E-state index in [1.165, 1.54) is 11.3 Å². The molecule has 30 heavy (non-hydrogen) atoms. The first kappa shape index (κ1) is 20.1. The van der Waals surface area contributed by atoms with Crippen molar-refractivity contribution in [3.63, 3.8) is 0 Å². The van der Waals surface area contributed by atoms with Crippen LogP contribution >= 0.6 is 27.3 Å². The van der Waals surface area contributed by atoms with Crippen LogP contribution in [0.15, 0.2) is 82.8 Å². The molecule has 0 bridgehead atoms. The number of carbonyl (C=O) groups excluding carboxylic acids is 2. The minimum atomic E-state index is -0.248. The molecule has 0 fully saturated rings. The summed E-state index contributed by atoms with van der Waals surface area (Å²) in [5.41, 5.74) is 2.18. The van der Waals surface area contributed by atoms with E-state index in [0.29, 0.717) is 28.5 Å². The Morgan fingerprint density at radius 1 is 0.967 bits per heavy atom. The Hall–Kier alpha value is -3.23. The molecule has 6 nitrogen and oxygen atoms in total. The first-order valence-electron chi connectivity index (χ1n) is 9.11. The zero-order valence-corrected chi connectivity index (χ0v) is 18.1. The van der Waals surface area contributed by atoms with Gasteiger partial charge in [0.15, 0.2) is 0 Å². The molecule has 0 radical (unpaired) electrons. The van der Waals surface area contributed by atoms with Crippen LogP contribution in [0.3, 0.4) is 0 Å². The molecule has 0 aliphatic carbocycles. The lowest BCUT2D eigenvalue weighted by Gasteiger charge is -2.10. The third-order valence-corrected chi connectivity index (χ3v) is 5.69. The fourth-order valence-electron chi connectivity index (χ4n) is 2.87. The maximum absolute atomic E-state index is 12.6. The van der Waals surface area contributed by atoms with Gasteiger partial charge in [-0.05, 0) is 53.4 Å². The highest BCUT2D eigenvalue weighted by atomic mass is 79.9. The molecule has 0 spiro atoms. The number of nitrogens with zero attached hydrogens (tertiary/aromatic N) is 2. The number of hydrogen-bond acceptors (Lipinski definition) is 4. The molecule has 2 aromatic heterocycles. The minimum absolute atomic E-state index is 0.168. The van der Waals surface area contributed by atoms with E-state index in [9.17, 15) is 9.59 Å².